The van der Waals surface area contributed by atoms with Gasteiger partial charge in [-0.25, -0.2) is 0 Å². The van der Waals surface area contributed by atoms with Crippen LogP contribution in [0, 0.1) is 6.92 Å². The fourth-order valence-corrected chi connectivity index (χ4v) is 3.21. The zero-order chi connectivity index (χ0) is 15.9. The zero-order valence-corrected chi connectivity index (χ0v) is 17.0. The molecule has 0 aliphatic carbocycles. The van der Waals surface area contributed by atoms with Gasteiger partial charge < -0.3 is 15.5 Å². The number of halogens is 1. The van der Waals surface area contributed by atoms with E-state index >= 15 is 0 Å². The van der Waals surface area contributed by atoms with Crippen LogP contribution in [0.2, 0.25) is 0 Å². The van der Waals surface area contributed by atoms with Gasteiger partial charge in [0.1, 0.15) is 0 Å². The SMILES string of the molecule is Cc1cccc(N2CCN(CCCNC3=NCCCN3)CC2)c1.I. The Kier molecular flexibility index (Phi) is 8.11. The standard InChI is InChI=1S/C18H29N5.HI/c1-16-5-2-6-17(15-16)23-13-11-22(12-14-23)10-4-9-21-18-19-7-3-8-20-18;/h2,5-6,15H,3-4,7-14H2,1H3,(H2,19,20,21);1H. The van der Waals surface area contributed by atoms with Crippen LogP contribution < -0.4 is 15.5 Å². The highest BCUT2D eigenvalue weighted by Crippen LogP contribution is 2.17. The number of nitrogens with zero attached hydrogens (tertiary/aromatic N) is 3. The van der Waals surface area contributed by atoms with Crippen molar-refractivity contribution in [3.05, 3.63) is 29.8 Å². The van der Waals surface area contributed by atoms with E-state index < -0.39 is 0 Å². The molecule has 3 rings (SSSR count). The van der Waals surface area contributed by atoms with Crippen LogP contribution in [0.4, 0.5) is 5.69 Å². The van der Waals surface area contributed by atoms with Crippen molar-refractivity contribution in [3.8, 4) is 0 Å². The summed E-state index contributed by atoms with van der Waals surface area (Å²) in [5.74, 6) is 0.987. The van der Waals surface area contributed by atoms with Crippen LogP contribution in [-0.4, -0.2) is 63.2 Å². The van der Waals surface area contributed by atoms with Gasteiger partial charge in [0.05, 0.1) is 0 Å². The number of hydrogen-bond donors (Lipinski definition) is 2. The van der Waals surface area contributed by atoms with Gasteiger partial charge in [0.2, 0.25) is 0 Å². The maximum absolute atomic E-state index is 4.44. The van der Waals surface area contributed by atoms with E-state index in [-0.39, 0.29) is 24.0 Å². The van der Waals surface area contributed by atoms with Gasteiger partial charge in [-0.2, -0.15) is 0 Å². The Morgan fingerprint density at radius 2 is 2.04 bits per heavy atom. The minimum Gasteiger partial charge on any atom is -0.369 e. The molecule has 0 atom stereocenters. The average molecular weight is 443 g/mol. The molecule has 1 aromatic carbocycles. The number of aryl methyl sites for hydroxylation is 1. The van der Waals surface area contributed by atoms with Gasteiger partial charge in [-0.1, -0.05) is 12.1 Å². The lowest BCUT2D eigenvalue weighted by atomic mass is 10.2. The number of aliphatic imine (C=N–C) groups is 1. The first-order valence-corrected chi connectivity index (χ1v) is 8.87. The average Bonchev–Trinajstić information content (AvgIpc) is 2.60. The van der Waals surface area contributed by atoms with Crippen molar-refractivity contribution in [2.24, 2.45) is 4.99 Å². The van der Waals surface area contributed by atoms with Crippen molar-refractivity contribution in [1.29, 1.82) is 0 Å². The molecule has 0 saturated carbocycles. The first-order valence-electron chi connectivity index (χ1n) is 8.87. The summed E-state index contributed by atoms with van der Waals surface area (Å²) in [5.41, 5.74) is 2.71. The summed E-state index contributed by atoms with van der Waals surface area (Å²) in [6.45, 7) is 10.9. The molecular formula is C18H30IN5. The lowest BCUT2D eigenvalue weighted by Crippen LogP contribution is -2.47. The van der Waals surface area contributed by atoms with E-state index in [1.807, 2.05) is 0 Å². The first-order chi connectivity index (χ1) is 11.3. The van der Waals surface area contributed by atoms with E-state index in [2.05, 4.69) is 56.6 Å². The third-order valence-corrected chi connectivity index (χ3v) is 4.58. The third-order valence-electron chi connectivity index (χ3n) is 4.58. The summed E-state index contributed by atoms with van der Waals surface area (Å²) < 4.78 is 0. The Morgan fingerprint density at radius 1 is 1.21 bits per heavy atom. The lowest BCUT2D eigenvalue weighted by Gasteiger charge is -2.36. The Morgan fingerprint density at radius 3 is 2.75 bits per heavy atom. The molecule has 24 heavy (non-hydrogen) atoms. The maximum atomic E-state index is 4.44. The number of hydrogen-bond acceptors (Lipinski definition) is 5. The second kappa shape index (κ2) is 10.1. The summed E-state index contributed by atoms with van der Waals surface area (Å²) in [6, 6.07) is 8.84. The topological polar surface area (TPSA) is 42.9 Å². The zero-order valence-electron chi connectivity index (χ0n) is 14.6. The van der Waals surface area contributed by atoms with Crippen molar-refractivity contribution in [3.63, 3.8) is 0 Å². The van der Waals surface area contributed by atoms with E-state index in [9.17, 15) is 0 Å². The summed E-state index contributed by atoms with van der Waals surface area (Å²) in [5, 5.41) is 6.71. The largest absolute Gasteiger partial charge is 0.369 e. The van der Waals surface area contributed by atoms with Crippen LogP contribution in [0.1, 0.15) is 18.4 Å². The highest BCUT2D eigenvalue weighted by atomic mass is 127. The Labute approximate surface area is 162 Å². The molecule has 134 valence electrons. The van der Waals surface area contributed by atoms with Gasteiger partial charge in [-0.15, -0.1) is 24.0 Å². The molecule has 5 nitrogen and oxygen atoms in total. The van der Waals surface area contributed by atoms with Gasteiger partial charge in [-0.3, -0.25) is 9.89 Å². The van der Waals surface area contributed by atoms with Gasteiger partial charge in [0, 0.05) is 51.5 Å². The summed E-state index contributed by atoms with van der Waals surface area (Å²) in [7, 11) is 0. The first kappa shape index (κ1) is 19.3. The third kappa shape index (κ3) is 5.81. The fraction of sp³-hybridized carbons (Fsp3) is 0.611. The van der Waals surface area contributed by atoms with E-state index in [1.165, 1.54) is 24.2 Å². The van der Waals surface area contributed by atoms with Crippen molar-refractivity contribution in [2.45, 2.75) is 19.8 Å². The van der Waals surface area contributed by atoms with Crippen molar-refractivity contribution in [2.75, 3.05) is 57.3 Å². The smallest absolute Gasteiger partial charge is 0.191 e. The molecule has 0 unspecified atom stereocenters. The number of benzene rings is 1. The van der Waals surface area contributed by atoms with E-state index in [0.29, 0.717) is 0 Å². The Balaban J connectivity index is 0.00000208. The maximum Gasteiger partial charge on any atom is 0.191 e. The van der Waals surface area contributed by atoms with Crippen molar-refractivity contribution >= 4 is 35.6 Å². The minimum atomic E-state index is 0. The molecule has 2 heterocycles. The molecule has 2 aliphatic heterocycles. The van der Waals surface area contributed by atoms with Crippen LogP contribution in [0.25, 0.3) is 0 Å². The molecule has 1 aromatic rings. The quantitative estimate of drug-likeness (QED) is 0.540. The molecule has 1 fully saturated rings. The van der Waals surface area contributed by atoms with Gasteiger partial charge in [0.25, 0.3) is 0 Å². The molecule has 0 amide bonds. The fourth-order valence-electron chi connectivity index (χ4n) is 3.21. The highest BCUT2D eigenvalue weighted by molar-refractivity contribution is 14.0. The number of anilines is 1. The molecule has 2 aliphatic rings. The monoisotopic (exact) mass is 443 g/mol. The molecule has 0 spiro atoms. The normalized spacial score (nSPS) is 18.4. The molecular weight excluding hydrogens is 413 g/mol. The van der Waals surface area contributed by atoms with Crippen LogP contribution in [0.5, 0.6) is 0 Å². The molecule has 0 radical (unpaired) electrons. The van der Waals surface area contributed by atoms with E-state index in [1.54, 1.807) is 0 Å². The van der Waals surface area contributed by atoms with Crippen LogP contribution >= 0.6 is 24.0 Å². The number of nitrogens with one attached hydrogen (secondary N) is 2. The molecule has 1 saturated heterocycles. The lowest BCUT2D eigenvalue weighted by molar-refractivity contribution is 0.255. The predicted molar refractivity (Wildman–Crippen MR) is 113 cm³/mol. The molecule has 0 bridgehead atoms. The molecule has 2 N–H and O–H groups in total. The number of guanidine groups is 1. The molecule has 6 heteroatoms. The number of piperazine rings is 1. The van der Waals surface area contributed by atoms with Crippen LogP contribution in [0.3, 0.4) is 0 Å². The van der Waals surface area contributed by atoms with Gasteiger partial charge >= 0.3 is 0 Å². The number of rotatable bonds is 5. The highest BCUT2D eigenvalue weighted by Gasteiger charge is 2.16. The Hall–Kier alpha value is -1.02. The second-order valence-corrected chi connectivity index (χ2v) is 6.46. The van der Waals surface area contributed by atoms with E-state index in [0.717, 1.165) is 58.2 Å². The minimum absolute atomic E-state index is 0. The van der Waals surface area contributed by atoms with Gasteiger partial charge in [-0.05, 0) is 44.0 Å². The Bertz CT molecular complexity index is 526. The van der Waals surface area contributed by atoms with Gasteiger partial charge in [0.15, 0.2) is 5.96 Å². The van der Waals surface area contributed by atoms with Crippen molar-refractivity contribution < 1.29 is 0 Å². The van der Waals surface area contributed by atoms with Crippen molar-refractivity contribution in [1.82, 2.24) is 15.5 Å². The summed E-state index contributed by atoms with van der Waals surface area (Å²) in [4.78, 5) is 9.51. The van der Waals surface area contributed by atoms with E-state index in [4.69, 9.17) is 0 Å². The second-order valence-electron chi connectivity index (χ2n) is 6.46. The summed E-state index contributed by atoms with van der Waals surface area (Å²) >= 11 is 0. The van der Waals surface area contributed by atoms with Crippen LogP contribution in [0.15, 0.2) is 29.3 Å². The summed E-state index contributed by atoms with van der Waals surface area (Å²) in [6.07, 6.45) is 2.32. The molecule has 0 aromatic heterocycles. The predicted octanol–water partition coefficient (Wildman–Crippen LogP) is 2.06. The van der Waals surface area contributed by atoms with Crippen LogP contribution in [-0.2, 0) is 0 Å².